The van der Waals surface area contributed by atoms with Crippen LogP contribution in [0, 0.1) is 6.92 Å². The number of hydrogen-bond acceptors (Lipinski definition) is 9. The number of nitrogens with one attached hydrogen (secondary N) is 1. The summed E-state index contributed by atoms with van der Waals surface area (Å²) in [5.74, 6) is 2.51. The normalized spacial score (nSPS) is 15.5. The van der Waals surface area contributed by atoms with E-state index < -0.39 is 0 Å². The first-order valence-electron chi connectivity index (χ1n) is 9.02. The largest absolute Gasteiger partial charge is 0.378 e. The van der Waals surface area contributed by atoms with Gasteiger partial charge in [0.2, 0.25) is 11.8 Å². The molecule has 0 bridgehead atoms. The number of nitrogens with zero attached hydrogens (tertiary/aromatic N) is 7. The van der Waals surface area contributed by atoms with Crippen LogP contribution in [-0.4, -0.2) is 61.5 Å². The van der Waals surface area contributed by atoms with E-state index in [1.807, 2.05) is 4.57 Å². The first-order valence-corrected chi connectivity index (χ1v) is 9.02. The Bertz CT molecular complexity index is 936. The van der Waals surface area contributed by atoms with E-state index in [0.717, 1.165) is 30.1 Å². The molecular weight excluding hydrogens is 348 g/mol. The van der Waals surface area contributed by atoms with Crippen molar-refractivity contribution in [1.29, 1.82) is 0 Å². The molecule has 0 atom stereocenters. The lowest BCUT2D eigenvalue weighted by molar-refractivity contribution is 0.122. The maximum absolute atomic E-state index is 5.48. The minimum absolute atomic E-state index is 0.162. The molecule has 3 aromatic heterocycles. The van der Waals surface area contributed by atoms with Crippen LogP contribution in [0.2, 0.25) is 0 Å². The van der Waals surface area contributed by atoms with Crippen molar-refractivity contribution in [3.05, 3.63) is 18.0 Å². The van der Waals surface area contributed by atoms with Crippen LogP contribution in [0.4, 0.5) is 11.8 Å². The van der Waals surface area contributed by atoms with Crippen LogP contribution in [0.25, 0.3) is 11.2 Å². The second kappa shape index (κ2) is 6.76. The smallest absolute Gasteiger partial charge is 0.246 e. The molecule has 0 aromatic carbocycles. The fraction of sp³-hybridized carbons (Fsp3) is 0.588. The standard InChI is InChI=1S/C17H24N8O2/c1-11-19-12(27-23-11)9-25-10-18-13-14(24-5-7-26-8-6-24)20-16(21-15(13)25)22-17(2,3)4/h10H,5-9H2,1-4H3,(H,20,21,22). The number of fused-ring (bicyclic) bond motifs is 1. The highest BCUT2D eigenvalue weighted by Crippen LogP contribution is 2.26. The molecule has 1 fully saturated rings. The van der Waals surface area contributed by atoms with Gasteiger partial charge in [0.15, 0.2) is 22.8 Å². The Balaban J connectivity index is 1.77. The predicted octanol–water partition coefficient (Wildman–Crippen LogP) is 1.61. The lowest BCUT2D eigenvalue weighted by Gasteiger charge is -2.29. The van der Waals surface area contributed by atoms with Crippen LogP contribution in [0.3, 0.4) is 0 Å². The lowest BCUT2D eigenvalue weighted by Crippen LogP contribution is -2.37. The molecule has 1 aliphatic heterocycles. The zero-order chi connectivity index (χ0) is 19.0. The minimum atomic E-state index is -0.162. The Labute approximate surface area is 157 Å². The molecule has 1 saturated heterocycles. The third kappa shape index (κ3) is 3.85. The van der Waals surface area contributed by atoms with Crippen molar-refractivity contribution in [3.63, 3.8) is 0 Å². The summed E-state index contributed by atoms with van der Waals surface area (Å²) in [5.41, 5.74) is 1.33. The van der Waals surface area contributed by atoms with Gasteiger partial charge < -0.3 is 24.0 Å². The second-order valence-corrected chi connectivity index (χ2v) is 7.63. The SMILES string of the molecule is Cc1noc(Cn2cnc3c(N4CCOCC4)nc(NC(C)(C)C)nc32)n1. The van der Waals surface area contributed by atoms with Crippen LogP contribution in [0.5, 0.6) is 0 Å². The van der Waals surface area contributed by atoms with E-state index in [1.54, 1.807) is 13.3 Å². The maximum atomic E-state index is 5.48. The van der Waals surface area contributed by atoms with E-state index in [0.29, 0.717) is 37.4 Å². The Morgan fingerprint density at radius 1 is 1.15 bits per heavy atom. The van der Waals surface area contributed by atoms with E-state index in [2.05, 4.69) is 46.1 Å². The van der Waals surface area contributed by atoms with Crippen molar-refractivity contribution in [3.8, 4) is 0 Å². The number of aromatic nitrogens is 6. The number of ether oxygens (including phenoxy) is 1. The third-order valence-corrected chi connectivity index (χ3v) is 4.12. The zero-order valence-corrected chi connectivity index (χ0v) is 16.1. The highest BCUT2D eigenvalue weighted by atomic mass is 16.5. The number of imidazole rings is 1. The van der Waals surface area contributed by atoms with Crippen molar-refractivity contribution >= 4 is 22.9 Å². The first kappa shape index (κ1) is 17.7. The Morgan fingerprint density at radius 3 is 2.59 bits per heavy atom. The molecule has 0 radical (unpaired) electrons. The van der Waals surface area contributed by atoms with Crippen molar-refractivity contribution in [2.45, 2.75) is 39.8 Å². The Hall–Kier alpha value is -2.75. The molecule has 10 nitrogen and oxygen atoms in total. The summed E-state index contributed by atoms with van der Waals surface area (Å²) in [7, 11) is 0. The minimum Gasteiger partial charge on any atom is -0.378 e. The van der Waals surface area contributed by atoms with Crippen molar-refractivity contribution in [2.75, 3.05) is 36.5 Å². The van der Waals surface area contributed by atoms with Crippen LogP contribution in [0.15, 0.2) is 10.9 Å². The van der Waals surface area contributed by atoms with Gasteiger partial charge in [-0.15, -0.1) is 0 Å². The molecule has 0 aliphatic carbocycles. The van der Waals surface area contributed by atoms with Crippen molar-refractivity contribution < 1.29 is 9.26 Å². The van der Waals surface area contributed by atoms with E-state index in [-0.39, 0.29) is 5.54 Å². The van der Waals surface area contributed by atoms with E-state index in [9.17, 15) is 0 Å². The average molecular weight is 372 g/mol. The summed E-state index contributed by atoms with van der Waals surface area (Å²) in [4.78, 5) is 20.5. The topological polar surface area (TPSA) is 107 Å². The van der Waals surface area contributed by atoms with E-state index >= 15 is 0 Å². The molecule has 1 N–H and O–H groups in total. The van der Waals surface area contributed by atoms with Gasteiger partial charge in [0.05, 0.1) is 19.5 Å². The molecule has 4 rings (SSSR count). The third-order valence-electron chi connectivity index (χ3n) is 4.12. The molecule has 1 aliphatic rings. The molecule has 0 spiro atoms. The molecule has 0 amide bonds. The fourth-order valence-electron chi connectivity index (χ4n) is 2.98. The molecule has 3 aromatic rings. The summed E-state index contributed by atoms with van der Waals surface area (Å²) in [6.07, 6.45) is 1.74. The first-order chi connectivity index (χ1) is 12.9. The van der Waals surface area contributed by atoms with Gasteiger partial charge in [-0.25, -0.2) is 4.98 Å². The maximum Gasteiger partial charge on any atom is 0.246 e. The molecule has 10 heteroatoms. The predicted molar refractivity (Wildman–Crippen MR) is 99.9 cm³/mol. The molecule has 0 unspecified atom stereocenters. The molecule has 27 heavy (non-hydrogen) atoms. The Morgan fingerprint density at radius 2 is 1.93 bits per heavy atom. The average Bonchev–Trinajstić information content (AvgIpc) is 3.20. The molecule has 144 valence electrons. The highest BCUT2D eigenvalue weighted by molar-refractivity contribution is 5.85. The summed E-state index contributed by atoms with van der Waals surface area (Å²) in [5, 5.41) is 7.21. The second-order valence-electron chi connectivity index (χ2n) is 7.63. The number of morpholine rings is 1. The summed E-state index contributed by atoms with van der Waals surface area (Å²) in [6.45, 7) is 11.3. The van der Waals surface area contributed by atoms with Crippen LogP contribution >= 0.6 is 0 Å². The van der Waals surface area contributed by atoms with Crippen LogP contribution in [0.1, 0.15) is 32.5 Å². The molecule has 0 saturated carbocycles. The van der Waals surface area contributed by atoms with Gasteiger partial charge in [0.25, 0.3) is 0 Å². The monoisotopic (exact) mass is 372 g/mol. The highest BCUT2D eigenvalue weighted by Gasteiger charge is 2.22. The van der Waals surface area contributed by atoms with Crippen LogP contribution < -0.4 is 10.2 Å². The van der Waals surface area contributed by atoms with E-state index in [1.165, 1.54) is 0 Å². The number of aryl methyl sites for hydroxylation is 1. The lowest BCUT2D eigenvalue weighted by atomic mass is 10.1. The van der Waals surface area contributed by atoms with Gasteiger partial charge in [-0.2, -0.15) is 15.0 Å². The quantitative estimate of drug-likeness (QED) is 0.731. The summed E-state index contributed by atoms with van der Waals surface area (Å²) in [6, 6.07) is 0. The molecule has 4 heterocycles. The van der Waals surface area contributed by atoms with Gasteiger partial charge in [0.1, 0.15) is 6.54 Å². The number of rotatable bonds is 4. The van der Waals surface area contributed by atoms with Gasteiger partial charge >= 0.3 is 0 Å². The van der Waals surface area contributed by atoms with Gasteiger partial charge in [0, 0.05) is 18.6 Å². The Kier molecular flexibility index (Phi) is 4.42. The van der Waals surface area contributed by atoms with Gasteiger partial charge in [-0.1, -0.05) is 5.16 Å². The van der Waals surface area contributed by atoms with Crippen molar-refractivity contribution in [2.24, 2.45) is 0 Å². The van der Waals surface area contributed by atoms with Gasteiger partial charge in [-0.05, 0) is 27.7 Å². The zero-order valence-electron chi connectivity index (χ0n) is 16.1. The fourth-order valence-corrected chi connectivity index (χ4v) is 2.98. The summed E-state index contributed by atoms with van der Waals surface area (Å²) >= 11 is 0. The number of anilines is 2. The van der Waals surface area contributed by atoms with E-state index in [4.69, 9.17) is 19.2 Å². The molecular formula is C17H24N8O2. The summed E-state index contributed by atoms with van der Waals surface area (Å²) < 4.78 is 12.6. The van der Waals surface area contributed by atoms with Crippen LogP contribution in [-0.2, 0) is 11.3 Å². The number of hydrogen-bond donors (Lipinski definition) is 1. The van der Waals surface area contributed by atoms with Crippen molar-refractivity contribution in [1.82, 2.24) is 29.7 Å². The van der Waals surface area contributed by atoms with Gasteiger partial charge in [-0.3, -0.25) is 0 Å².